The number of halogens is 2. The van der Waals surface area contributed by atoms with Crippen molar-refractivity contribution in [2.24, 2.45) is 0 Å². The van der Waals surface area contributed by atoms with E-state index in [1.165, 1.54) is 6.07 Å². The summed E-state index contributed by atoms with van der Waals surface area (Å²) in [7, 11) is 0. The Kier molecular flexibility index (Phi) is 5.69. The molecule has 0 saturated heterocycles. The van der Waals surface area contributed by atoms with E-state index in [2.05, 4.69) is 48.0 Å². The minimum absolute atomic E-state index is 0.0575. The van der Waals surface area contributed by atoms with Crippen LogP contribution in [-0.2, 0) is 0 Å². The molecule has 1 aromatic heterocycles. The average Bonchev–Trinajstić information content (AvgIpc) is 2.92. The quantitative estimate of drug-likeness (QED) is 0.488. The molecule has 0 bridgehead atoms. The highest BCUT2D eigenvalue weighted by molar-refractivity contribution is 9.10. The zero-order chi connectivity index (χ0) is 16.1. The van der Waals surface area contributed by atoms with E-state index in [9.17, 15) is 9.59 Å². The monoisotopic (exact) mass is 445 g/mol. The van der Waals surface area contributed by atoms with E-state index in [1.54, 1.807) is 30.3 Å². The van der Waals surface area contributed by atoms with Crippen molar-refractivity contribution in [1.29, 1.82) is 0 Å². The molecule has 0 aliphatic carbocycles. The van der Waals surface area contributed by atoms with Crippen LogP contribution in [0.2, 0.25) is 0 Å². The number of carbonyl (C=O) groups excluding carboxylic acids is 2. The molecule has 3 N–H and O–H groups in total. The van der Waals surface area contributed by atoms with E-state index in [4.69, 9.17) is 16.6 Å². The lowest BCUT2D eigenvalue weighted by Crippen LogP contribution is -2.48. The first-order valence-electron chi connectivity index (χ1n) is 5.89. The maximum atomic E-state index is 11.9. The van der Waals surface area contributed by atoms with Gasteiger partial charge in [0.1, 0.15) is 0 Å². The van der Waals surface area contributed by atoms with Crippen LogP contribution < -0.4 is 16.2 Å². The fourth-order valence-corrected chi connectivity index (χ4v) is 2.37. The van der Waals surface area contributed by atoms with Gasteiger partial charge in [-0.15, -0.1) is 0 Å². The molecule has 6 nitrogen and oxygen atoms in total. The van der Waals surface area contributed by atoms with Gasteiger partial charge in [-0.2, -0.15) is 0 Å². The Labute approximate surface area is 147 Å². The Morgan fingerprint density at radius 2 is 1.73 bits per heavy atom. The van der Waals surface area contributed by atoms with Crippen LogP contribution in [0, 0.1) is 0 Å². The summed E-state index contributed by atoms with van der Waals surface area (Å²) in [6, 6.07) is 9.98. The number of furan rings is 1. The van der Waals surface area contributed by atoms with Gasteiger partial charge in [-0.1, -0.05) is 12.1 Å². The van der Waals surface area contributed by atoms with Crippen LogP contribution in [0.15, 0.2) is 50.0 Å². The van der Waals surface area contributed by atoms with Crippen molar-refractivity contribution in [1.82, 2.24) is 16.2 Å². The van der Waals surface area contributed by atoms with Crippen molar-refractivity contribution in [2.45, 2.75) is 0 Å². The minimum Gasteiger partial charge on any atom is -0.444 e. The summed E-state index contributed by atoms with van der Waals surface area (Å²) in [4.78, 5) is 23.7. The lowest BCUT2D eigenvalue weighted by molar-refractivity contribution is 0.0926. The van der Waals surface area contributed by atoms with Crippen LogP contribution >= 0.6 is 44.1 Å². The minimum atomic E-state index is -0.529. The number of hydrazine groups is 1. The first kappa shape index (κ1) is 16.7. The van der Waals surface area contributed by atoms with Crippen LogP contribution in [-0.4, -0.2) is 16.9 Å². The standard InChI is InChI=1S/C13H9Br2N3O3S/c14-8-4-2-1-3-7(8)11(19)17-18-13(22)16-12(20)9-5-6-10(15)21-9/h1-6H,(H,17,19)(H2,16,18,20,22). The normalized spacial score (nSPS) is 9.91. The maximum absolute atomic E-state index is 11.9. The summed E-state index contributed by atoms with van der Waals surface area (Å²) in [5.74, 6) is -0.837. The van der Waals surface area contributed by atoms with Crippen molar-refractivity contribution in [3.63, 3.8) is 0 Å². The summed E-state index contributed by atoms with van der Waals surface area (Å²) < 4.78 is 6.15. The number of rotatable bonds is 2. The molecule has 1 aromatic carbocycles. The van der Waals surface area contributed by atoms with Crippen LogP contribution in [0.3, 0.4) is 0 Å². The second-order valence-electron chi connectivity index (χ2n) is 3.95. The smallest absolute Gasteiger partial charge is 0.293 e. The van der Waals surface area contributed by atoms with Gasteiger partial charge in [0.15, 0.2) is 15.5 Å². The van der Waals surface area contributed by atoms with E-state index in [0.717, 1.165) is 0 Å². The molecule has 0 atom stereocenters. The van der Waals surface area contributed by atoms with E-state index in [-0.39, 0.29) is 10.9 Å². The van der Waals surface area contributed by atoms with Crippen LogP contribution in [0.1, 0.15) is 20.9 Å². The van der Waals surface area contributed by atoms with Gasteiger partial charge in [-0.25, -0.2) is 0 Å². The zero-order valence-corrected chi connectivity index (χ0v) is 14.8. The second-order valence-corrected chi connectivity index (χ2v) is 5.99. The van der Waals surface area contributed by atoms with E-state index < -0.39 is 11.8 Å². The van der Waals surface area contributed by atoms with Gasteiger partial charge in [0.25, 0.3) is 11.8 Å². The molecule has 1 heterocycles. The predicted molar refractivity (Wildman–Crippen MR) is 91.2 cm³/mol. The van der Waals surface area contributed by atoms with Crippen molar-refractivity contribution >= 4 is 61.0 Å². The Hall–Kier alpha value is -1.71. The molecule has 0 saturated carbocycles. The fourth-order valence-electron chi connectivity index (χ4n) is 1.46. The first-order valence-corrected chi connectivity index (χ1v) is 7.88. The van der Waals surface area contributed by atoms with Crippen LogP contribution in [0.5, 0.6) is 0 Å². The van der Waals surface area contributed by atoms with Crippen molar-refractivity contribution in [3.05, 3.63) is 56.9 Å². The largest absolute Gasteiger partial charge is 0.444 e. The van der Waals surface area contributed by atoms with Crippen LogP contribution in [0.4, 0.5) is 0 Å². The molecule has 0 aliphatic rings. The molecular formula is C13H9Br2N3O3S. The highest BCUT2D eigenvalue weighted by Crippen LogP contribution is 2.15. The highest BCUT2D eigenvalue weighted by atomic mass is 79.9. The number of hydrogen-bond acceptors (Lipinski definition) is 4. The van der Waals surface area contributed by atoms with Gasteiger partial charge in [-0.3, -0.25) is 25.8 Å². The van der Waals surface area contributed by atoms with Crippen molar-refractivity contribution in [2.75, 3.05) is 0 Å². The molecule has 0 radical (unpaired) electrons. The zero-order valence-electron chi connectivity index (χ0n) is 10.9. The average molecular weight is 447 g/mol. The summed E-state index contributed by atoms with van der Waals surface area (Å²) in [5, 5.41) is 2.31. The second kappa shape index (κ2) is 7.52. The molecular weight excluding hydrogens is 438 g/mol. The third kappa shape index (κ3) is 4.39. The highest BCUT2D eigenvalue weighted by Gasteiger charge is 2.13. The van der Waals surface area contributed by atoms with Gasteiger partial charge >= 0.3 is 0 Å². The lowest BCUT2D eigenvalue weighted by atomic mass is 10.2. The van der Waals surface area contributed by atoms with Gasteiger partial charge in [0.05, 0.1) is 5.56 Å². The Morgan fingerprint density at radius 3 is 2.36 bits per heavy atom. The summed E-state index contributed by atoms with van der Waals surface area (Å²) >= 11 is 11.3. The van der Waals surface area contributed by atoms with Crippen molar-refractivity contribution in [3.8, 4) is 0 Å². The fraction of sp³-hybridized carbons (Fsp3) is 0. The molecule has 2 aromatic rings. The summed E-state index contributed by atoms with van der Waals surface area (Å²) in [6.45, 7) is 0. The predicted octanol–water partition coefficient (Wildman–Crippen LogP) is 2.75. The number of amides is 2. The molecule has 0 spiro atoms. The third-order valence-corrected chi connectivity index (χ3v) is 3.75. The van der Waals surface area contributed by atoms with Crippen molar-refractivity contribution < 1.29 is 14.0 Å². The number of benzene rings is 1. The SMILES string of the molecule is O=C(NC(=S)NNC(=O)c1ccccc1Br)c1ccc(Br)o1. The molecule has 9 heteroatoms. The van der Waals surface area contributed by atoms with Gasteiger partial charge in [0.2, 0.25) is 0 Å². The first-order chi connectivity index (χ1) is 10.5. The maximum Gasteiger partial charge on any atom is 0.293 e. The lowest BCUT2D eigenvalue weighted by Gasteiger charge is -2.10. The number of hydrogen-bond donors (Lipinski definition) is 3. The van der Waals surface area contributed by atoms with Gasteiger partial charge in [0, 0.05) is 4.47 Å². The van der Waals surface area contributed by atoms with E-state index in [1.807, 2.05) is 0 Å². The summed E-state index contributed by atoms with van der Waals surface area (Å²) in [6.07, 6.45) is 0. The Bertz CT molecular complexity index is 733. The Morgan fingerprint density at radius 1 is 1.00 bits per heavy atom. The number of nitrogens with one attached hydrogen (secondary N) is 3. The molecule has 2 amide bonds. The Balaban J connectivity index is 1.87. The third-order valence-electron chi connectivity index (χ3n) is 2.43. The number of thiocarbonyl (C=S) groups is 1. The molecule has 2 rings (SSSR count). The molecule has 0 fully saturated rings. The molecule has 0 unspecified atom stereocenters. The summed E-state index contributed by atoms with van der Waals surface area (Å²) in [5.41, 5.74) is 5.26. The van der Waals surface area contributed by atoms with E-state index >= 15 is 0 Å². The number of carbonyl (C=O) groups is 2. The molecule has 0 aliphatic heterocycles. The van der Waals surface area contributed by atoms with Gasteiger partial charge < -0.3 is 4.42 Å². The topological polar surface area (TPSA) is 83.4 Å². The van der Waals surface area contributed by atoms with Gasteiger partial charge in [-0.05, 0) is 68.3 Å². The van der Waals surface area contributed by atoms with E-state index in [0.29, 0.717) is 14.7 Å². The molecule has 114 valence electrons. The van der Waals surface area contributed by atoms with Crippen LogP contribution in [0.25, 0.3) is 0 Å². The molecule has 22 heavy (non-hydrogen) atoms.